The molecule has 1 aliphatic carbocycles. The van der Waals surface area contributed by atoms with Crippen LogP contribution in [-0.4, -0.2) is 16.1 Å². The van der Waals surface area contributed by atoms with Gasteiger partial charge in [0, 0.05) is 12.5 Å². The van der Waals surface area contributed by atoms with Gasteiger partial charge in [0.15, 0.2) is 5.75 Å². The molecule has 0 saturated heterocycles. The molecule has 0 aromatic carbocycles. The molecule has 1 aromatic heterocycles. The zero-order valence-corrected chi connectivity index (χ0v) is 12.2. The van der Waals surface area contributed by atoms with E-state index in [0.29, 0.717) is 18.6 Å². The van der Waals surface area contributed by atoms with Crippen LogP contribution in [0.3, 0.4) is 0 Å². The third-order valence-corrected chi connectivity index (χ3v) is 3.74. The third-order valence-electron chi connectivity index (χ3n) is 3.74. The van der Waals surface area contributed by atoms with Crippen LogP contribution in [0.15, 0.2) is 6.20 Å². The molecule has 2 rings (SSSR count). The number of hydrogen-bond acceptors (Lipinski definition) is 4. The summed E-state index contributed by atoms with van der Waals surface area (Å²) < 4.78 is 6.08. The summed E-state index contributed by atoms with van der Waals surface area (Å²) in [7, 11) is 0. The van der Waals surface area contributed by atoms with Crippen molar-refractivity contribution in [2.75, 3.05) is 0 Å². The van der Waals surface area contributed by atoms with Gasteiger partial charge in [-0.1, -0.05) is 27.2 Å². The maximum atomic E-state index is 6.08. The van der Waals surface area contributed by atoms with Crippen molar-refractivity contribution in [1.29, 1.82) is 0 Å². The molecule has 0 bridgehead atoms. The Hall–Kier alpha value is -1.16. The largest absolute Gasteiger partial charge is 0.487 e. The lowest BCUT2D eigenvalue weighted by molar-refractivity contribution is 0.127. The maximum absolute atomic E-state index is 6.08. The fraction of sp³-hybridized carbons (Fsp3) is 0.733. The topological polar surface area (TPSA) is 61.0 Å². The highest BCUT2D eigenvalue weighted by molar-refractivity contribution is 5.25. The van der Waals surface area contributed by atoms with E-state index in [4.69, 9.17) is 10.5 Å². The van der Waals surface area contributed by atoms with Crippen molar-refractivity contribution in [1.82, 2.24) is 9.97 Å². The molecule has 106 valence electrons. The standard InChI is InChI=1S/C15H25N3O/c1-10(2)15-17-9-14(13(8-16)18-15)19-12-6-4-5-11(3)7-12/h9-12H,4-8,16H2,1-3H3. The second-order valence-corrected chi connectivity index (χ2v) is 5.91. The minimum absolute atomic E-state index is 0.294. The number of nitrogens with two attached hydrogens (primary N) is 1. The molecule has 0 amide bonds. The fourth-order valence-electron chi connectivity index (χ4n) is 2.61. The lowest BCUT2D eigenvalue weighted by Crippen LogP contribution is -2.25. The summed E-state index contributed by atoms with van der Waals surface area (Å²) in [4.78, 5) is 8.89. The van der Waals surface area contributed by atoms with E-state index in [-0.39, 0.29) is 0 Å². The highest BCUT2D eigenvalue weighted by Crippen LogP contribution is 2.28. The zero-order chi connectivity index (χ0) is 13.8. The van der Waals surface area contributed by atoms with Gasteiger partial charge >= 0.3 is 0 Å². The molecule has 1 heterocycles. The van der Waals surface area contributed by atoms with Gasteiger partial charge in [-0.3, -0.25) is 0 Å². The van der Waals surface area contributed by atoms with Crippen LogP contribution in [0.25, 0.3) is 0 Å². The van der Waals surface area contributed by atoms with Gasteiger partial charge in [-0.25, -0.2) is 9.97 Å². The highest BCUT2D eigenvalue weighted by atomic mass is 16.5. The number of hydrogen-bond donors (Lipinski definition) is 1. The molecule has 2 N–H and O–H groups in total. The summed E-state index contributed by atoms with van der Waals surface area (Å²) in [5.41, 5.74) is 6.61. The molecule has 0 spiro atoms. The lowest BCUT2D eigenvalue weighted by atomic mass is 9.89. The Bertz CT molecular complexity index is 420. The van der Waals surface area contributed by atoms with Crippen molar-refractivity contribution in [2.45, 2.75) is 65.0 Å². The Kier molecular flexibility index (Phi) is 4.75. The summed E-state index contributed by atoms with van der Waals surface area (Å²) >= 11 is 0. The van der Waals surface area contributed by atoms with Gasteiger partial charge in [-0.2, -0.15) is 0 Å². The smallest absolute Gasteiger partial charge is 0.160 e. The second-order valence-electron chi connectivity index (χ2n) is 5.91. The van der Waals surface area contributed by atoms with Gasteiger partial charge in [0.1, 0.15) is 5.82 Å². The molecule has 2 unspecified atom stereocenters. The van der Waals surface area contributed by atoms with Crippen molar-refractivity contribution in [2.24, 2.45) is 11.7 Å². The van der Waals surface area contributed by atoms with Crippen LogP contribution < -0.4 is 10.5 Å². The molecule has 4 heteroatoms. The first-order valence-corrected chi connectivity index (χ1v) is 7.32. The molecule has 1 saturated carbocycles. The summed E-state index contributed by atoms with van der Waals surface area (Å²) in [5, 5.41) is 0. The van der Waals surface area contributed by atoms with Crippen LogP contribution >= 0.6 is 0 Å². The van der Waals surface area contributed by atoms with Crippen LogP contribution in [0.5, 0.6) is 5.75 Å². The van der Waals surface area contributed by atoms with Crippen LogP contribution in [-0.2, 0) is 6.54 Å². The van der Waals surface area contributed by atoms with Crippen LogP contribution in [0, 0.1) is 5.92 Å². The number of nitrogens with zero attached hydrogens (tertiary/aromatic N) is 2. The predicted molar refractivity (Wildman–Crippen MR) is 76.1 cm³/mol. The molecule has 1 fully saturated rings. The van der Waals surface area contributed by atoms with E-state index in [1.807, 2.05) is 0 Å². The molecule has 0 aliphatic heterocycles. The molecule has 1 aliphatic rings. The van der Waals surface area contributed by atoms with Gasteiger partial charge in [-0.05, 0) is 25.2 Å². The van der Waals surface area contributed by atoms with E-state index in [1.54, 1.807) is 6.20 Å². The molecule has 2 atom stereocenters. The average molecular weight is 263 g/mol. The van der Waals surface area contributed by atoms with Gasteiger partial charge in [0.05, 0.1) is 18.0 Å². The van der Waals surface area contributed by atoms with Crippen molar-refractivity contribution in [3.05, 3.63) is 17.7 Å². The van der Waals surface area contributed by atoms with Gasteiger partial charge in [0.25, 0.3) is 0 Å². The molecule has 19 heavy (non-hydrogen) atoms. The van der Waals surface area contributed by atoms with Crippen molar-refractivity contribution in [3.8, 4) is 5.75 Å². The minimum atomic E-state index is 0.294. The van der Waals surface area contributed by atoms with Gasteiger partial charge in [0.2, 0.25) is 0 Å². The molecule has 0 radical (unpaired) electrons. The SMILES string of the molecule is CC1CCCC(Oc2cnc(C(C)C)nc2CN)C1. The second kappa shape index (κ2) is 6.33. The van der Waals surface area contributed by atoms with Crippen molar-refractivity contribution in [3.63, 3.8) is 0 Å². The zero-order valence-electron chi connectivity index (χ0n) is 12.2. The fourth-order valence-corrected chi connectivity index (χ4v) is 2.61. The molecular weight excluding hydrogens is 238 g/mol. The number of aromatic nitrogens is 2. The molecular formula is C15H25N3O. The first kappa shape index (κ1) is 14.3. The summed E-state index contributed by atoms with van der Waals surface area (Å²) in [6.45, 7) is 6.86. The van der Waals surface area contributed by atoms with E-state index in [2.05, 4.69) is 30.7 Å². The first-order valence-electron chi connectivity index (χ1n) is 7.32. The predicted octanol–water partition coefficient (Wildman–Crippen LogP) is 3.02. The van der Waals surface area contributed by atoms with Gasteiger partial charge in [-0.15, -0.1) is 0 Å². The summed E-state index contributed by atoms with van der Waals surface area (Å²) in [6.07, 6.45) is 6.89. The maximum Gasteiger partial charge on any atom is 0.160 e. The Morgan fingerprint density at radius 2 is 2.21 bits per heavy atom. The number of ether oxygens (including phenoxy) is 1. The van der Waals surface area contributed by atoms with E-state index in [9.17, 15) is 0 Å². The third kappa shape index (κ3) is 3.66. The first-order chi connectivity index (χ1) is 9.10. The van der Waals surface area contributed by atoms with E-state index in [1.165, 1.54) is 12.8 Å². The van der Waals surface area contributed by atoms with Crippen molar-refractivity contribution < 1.29 is 4.74 Å². The Labute approximate surface area is 115 Å². The van der Waals surface area contributed by atoms with E-state index < -0.39 is 0 Å². The van der Waals surface area contributed by atoms with Gasteiger partial charge < -0.3 is 10.5 Å². The number of rotatable bonds is 4. The van der Waals surface area contributed by atoms with Crippen molar-refractivity contribution >= 4 is 0 Å². The lowest BCUT2D eigenvalue weighted by Gasteiger charge is -2.27. The summed E-state index contributed by atoms with van der Waals surface area (Å²) in [5.74, 6) is 2.67. The van der Waals surface area contributed by atoms with Crippen LogP contribution in [0.1, 0.15) is 63.9 Å². The monoisotopic (exact) mass is 263 g/mol. The van der Waals surface area contributed by atoms with Crippen LogP contribution in [0.2, 0.25) is 0 Å². The Morgan fingerprint density at radius 3 is 2.84 bits per heavy atom. The quantitative estimate of drug-likeness (QED) is 0.907. The molecule has 1 aromatic rings. The highest BCUT2D eigenvalue weighted by Gasteiger charge is 2.21. The van der Waals surface area contributed by atoms with Crippen LogP contribution in [0.4, 0.5) is 0 Å². The molecule has 4 nitrogen and oxygen atoms in total. The van der Waals surface area contributed by atoms with E-state index in [0.717, 1.165) is 36.0 Å². The minimum Gasteiger partial charge on any atom is -0.487 e. The normalized spacial score (nSPS) is 23.6. The van der Waals surface area contributed by atoms with E-state index >= 15 is 0 Å². The Morgan fingerprint density at radius 1 is 1.42 bits per heavy atom. The Balaban J connectivity index is 2.11. The summed E-state index contributed by atoms with van der Waals surface area (Å²) in [6, 6.07) is 0. The average Bonchev–Trinajstić information content (AvgIpc) is 2.39.